The maximum Gasteiger partial charge on any atom is 0.253 e. The first-order valence-electron chi connectivity index (χ1n) is 6.88. The molecular formula is C16H15N3O3. The van der Waals surface area contributed by atoms with E-state index in [4.69, 9.17) is 13.9 Å². The summed E-state index contributed by atoms with van der Waals surface area (Å²) >= 11 is 0. The Bertz CT molecular complexity index is 753. The van der Waals surface area contributed by atoms with Gasteiger partial charge in [0.1, 0.15) is 11.3 Å². The van der Waals surface area contributed by atoms with Gasteiger partial charge in [0.2, 0.25) is 11.8 Å². The lowest BCUT2D eigenvalue weighted by molar-refractivity contribution is 0.327. The van der Waals surface area contributed by atoms with Crippen molar-refractivity contribution in [1.29, 1.82) is 0 Å². The van der Waals surface area contributed by atoms with Crippen LogP contribution in [0.4, 0.5) is 0 Å². The van der Waals surface area contributed by atoms with Crippen molar-refractivity contribution >= 4 is 0 Å². The summed E-state index contributed by atoms with van der Waals surface area (Å²) in [4.78, 5) is 4.18. The Labute approximate surface area is 127 Å². The van der Waals surface area contributed by atoms with Crippen LogP contribution in [-0.2, 0) is 0 Å². The lowest BCUT2D eigenvalue weighted by Gasteiger charge is -2.04. The number of rotatable bonds is 5. The molecule has 6 heteroatoms. The van der Waals surface area contributed by atoms with Crippen LogP contribution in [0.2, 0.25) is 0 Å². The van der Waals surface area contributed by atoms with Crippen molar-refractivity contribution in [2.24, 2.45) is 0 Å². The van der Waals surface area contributed by atoms with E-state index in [1.807, 2.05) is 37.3 Å². The number of nitrogens with zero attached hydrogens (tertiary/aromatic N) is 3. The highest BCUT2D eigenvalue weighted by atomic mass is 16.5. The number of hydrogen-bond acceptors (Lipinski definition) is 6. The van der Waals surface area contributed by atoms with Crippen molar-refractivity contribution in [3.8, 4) is 34.5 Å². The SMILES string of the molecule is CCOc1ncccc1-c1nnc(-c2ccc(OC)cc2)o1. The molecule has 0 atom stereocenters. The van der Waals surface area contributed by atoms with E-state index in [9.17, 15) is 0 Å². The molecule has 2 heterocycles. The lowest BCUT2D eigenvalue weighted by Crippen LogP contribution is -1.96. The smallest absolute Gasteiger partial charge is 0.253 e. The summed E-state index contributed by atoms with van der Waals surface area (Å²) in [5.74, 6) is 2.07. The molecule has 112 valence electrons. The molecule has 0 bridgehead atoms. The van der Waals surface area contributed by atoms with Gasteiger partial charge in [-0.3, -0.25) is 0 Å². The Morgan fingerprint density at radius 1 is 1.05 bits per heavy atom. The second-order valence-corrected chi connectivity index (χ2v) is 4.43. The molecule has 1 aromatic carbocycles. The predicted octanol–water partition coefficient (Wildman–Crippen LogP) is 3.21. The number of benzene rings is 1. The maximum absolute atomic E-state index is 5.73. The van der Waals surface area contributed by atoms with E-state index in [2.05, 4.69) is 15.2 Å². The minimum absolute atomic E-state index is 0.377. The second-order valence-electron chi connectivity index (χ2n) is 4.43. The fourth-order valence-electron chi connectivity index (χ4n) is 1.99. The van der Waals surface area contributed by atoms with Crippen molar-refractivity contribution in [1.82, 2.24) is 15.2 Å². The standard InChI is InChI=1S/C16H15N3O3/c1-3-21-15-13(5-4-10-17-15)16-19-18-14(22-16)11-6-8-12(20-2)9-7-11/h4-10H,3H2,1-2H3. The highest BCUT2D eigenvalue weighted by Gasteiger charge is 2.15. The fourth-order valence-corrected chi connectivity index (χ4v) is 1.99. The molecule has 0 spiro atoms. The molecule has 6 nitrogen and oxygen atoms in total. The first kappa shape index (κ1) is 14.1. The van der Waals surface area contributed by atoms with Crippen LogP contribution in [0.25, 0.3) is 22.9 Å². The number of pyridine rings is 1. The maximum atomic E-state index is 5.73. The zero-order chi connectivity index (χ0) is 15.4. The van der Waals surface area contributed by atoms with Crippen molar-refractivity contribution < 1.29 is 13.9 Å². The summed E-state index contributed by atoms with van der Waals surface area (Å²) in [6.45, 7) is 2.42. The summed E-state index contributed by atoms with van der Waals surface area (Å²) in [5, 5.41) is 8.16. The van der Waals surface area contributed by atoms with Gasteiger partial charge >= 0.3 is 0 Å². The molecule has 0 N–H and O–H groups in total. The van der Waals surface area contributed by atoms with Crippen LogP contribution in [0.15, 0.2) is 47.0 Å². The van der Waals surface area contributed by atoms with Gasteiger partial charge in [0.05, 0.1) is 13.7 Å². The van der Waals surface area contributed by atoms with Crippen LogP contribution >= 0.6 is 0 Å². The second kappa shape index (κ2) is 6.26. The molecule has 0 saturated carbocycles. The quantitative estimate of drug-likeness (QED) is 0.720. The molecule has 3 rings (SSSR count). The van der Waals surface area contributed by atoms with Gasteiger partial charge in [-0.1, -0.05) is 0 Å². The molecule has 0 unspecified atom stereocenters. The van der Waals surface area contributed by atoms with E-state index in [1.54, 1.807) is 19.4 Å². The highest BCUT2D eigenvalue weighted by molar-refractivity contribution is 5.62. The molecule has 0 radical (unpaired) electrons. The Morgan fingerprint density at radius 3 is 2.55 bits per heavy atom. The van der Waals surface area contributed by atoms with E-state index in [0.717, 1.165) is 11.3 Å². The topological polar surface area (TPSA) is 70.3 Å². The van der Waals surface area contributed by atoms with E-state index in [0.29, 0.717) is 29.8 Å². The molecule has 2 aromatic heterocycles. The van der Waals surface area contributed by atoms with Gasteiger partial charge in [0.25, 0.3) is 5.89 Å². The average Bonchev–Trinajstić information content (AvgIpc) is 3.05. The third-order valence-corrected chi connectivity index (χ3v) is 3.04. The molecule has 0 fully saturated rings. The molecule has 22 heavy (non-hydrogen) atoms. The largest absolute Gasteiger partial charge is 0.497 e. The Morgan fingerprint density at radius 2 is 1.82 bits per heavy atom. The fraction of sp³-hybridized carbons (Fsp3) is 0.188. The Balaban J connectivity index is 1.93. The van der Waals surface area contributed by atoms with Gasteiger partial charge in [-0.25, -0.2) is 4.98 Å². The van der Waals surface area contributed by atoms with Crippen LogP contribution in [-0.4, -0.2) is 28.9 Å². The molecule has 0 aliphatic carbocycles. The van der Waals surface area contributed by atoms with E-state index >= 15 is 0 Å². The molecule has 0 saturated heterocycles. The predicted molar refractivity (Wildman–Crippen MR) is 80.7 cm³/mol. The zero-order valence-electron chi connectivity index (χ0n) is 12.3. The average molecular weight is 297 g/mol. The Kier molecular flexibility index (Phi) is 4.00. The molecule has 0 amide bonds. The van der Waals surface area contributed by atoms with Crippen LogP contribution in [0, 0.1) is 0 Å². The Hall–Kier alpha value is -2.89. The minimum Gasteiger partial charge on any atom is -0.497 e. The van der Waals surface area contributed by atoms with Gasteiger partial charge in [-0.15, -0.1) is 10.2 Å². The van der Waals surface area contributed by atoms with Gasteiger partial charge in [-0.2, -0.15) is 0 Å². The zero-order valence-corrected chi connectivity index (χ0v) is 12.3. The van der Waals surface area contributed by atoms with Gasteiger partial charge < -0.3 is 13.9 Å². The van der Waals surface area contributed by atoms with Crippen LogP contribution in [0.1, 0.15) is 6.92 Å². The first-order valence-corrected chi connectivity index (χ1v) is 6.88. The summed E-state index contributed by atoms with van der Waals surface area (Å²) in [6, 6.07) is 11.0. The van der Waals surface area contributed by atoms with Crippen molar-refractivity contribution in [2.75, 3.05) is 13.7 Å². The highest BCUT2D eigenvalue weighted by Crippen LogP contribution is 2.29. The van der Waals surface area contributed by atoms with Crippen molar-refractivity contribution in [3.63, 3.8) is 0 Å². The molecule has 3 aromatic rings. The summed E-state index contributed by atoms with van der Waals surface area (Å²) in [7, 11) is 1.62. The first-order chi connectivity index (χ1) is 10.8. The van der Waals surface area contributed by atoms with E-state index in [-0.39, 0.29) is 0 Å². The lowest BCUT2D eigenvalue weighted by atomic mass is 10.2. The van der Waals surface area contributed by atoms with Crippen molar-refractivity contribution in [3.05, 3.63) is 42.6 Å². The van der Waals surface area contributed by atoms with E-state index in [1.165, 1.54) is 0 Å². The number of methoxy groups -OCH3 is 1. The van der Waals surface area contributed by atoms with Gasteiger partial charge in [-0.05, 0) is 43.3 Å². The summed E-state index contributed by atoms with van der Waals surface area (Å²) < 4.78 is 16.3. The molecule has 0 aliphatic rings. The monoisotopic (exact) mass is 297 g/mol. The third kappa shape index (κ3) is 2.76. The van der Waals surface area contributed by atoms with Crippen molar-refractivity contribution in [2.45, 2.75) is 6.92 Å². The molecular weight excluding hydrogens is 282 g/mol. The molecule has 0 aliphatic heterocycles. The van der Waals surface area contributed by atoms with Gasteiger partial charge in [0, 0.05) is 11.8 Å². The van der Waals surface area contributed by atoms with Crippen LogP contribution < -0.4 is 9.47 Å². The van der Waals surface area contributed by atoms with E-state index < -0.39 is 0 Å². The summed E-state index contributed by atoms with van der Waals surface area (Å²) in [6.07, 6.45) is 1.66. The van der Waals surface area contributed by atoms with Crippen LogP contribution in [0.3, 0.4) is 0 Å². The number of ether oxygens (including phenoxy) is 2. The minimum atomic E-state index is 0.377. The van der Waals surface area contributed by atoms with Crippen LogP contribution in [0.5, 0.6) is 11.6 Å². The normalized spacial score (nSPS) is 10.5. The number of hydrogen-bond donors (Lipinski definition) is 0. The van der Waals surface area contributed by atoms with Gasteiger partial charge in [0.15, 0.2) is 0 Å². The third-order valence-electron chi connectivity index (χ3n) is 3.04. The summed E-state index contributed by atoms with van der Waals surface area (Å²) in [5.41, 5.74) is 1.50. The number of aromatic nitrogens is 3.